The van der Waals surface area contributed by atoms with Crippen LogP contribution in [-0.2, 0) is 4.79 Å². The van der Waals surface area contributed by atoms with E-state index >= 15 is 0 Å². The number of amides is 2. The summed E-state index contributed by atoms with van der Waals surface area (Å²) in [5.41, 5.74) is 1.50. The summed E-state index contributed by atoms with van der Waals surface area (Å²) in [4.78, 5) is 35.6. The third-order valence-electron chi connectivity index (χ3n) is 7.33. The highest BCUT2D eigenvalue weighted by atomic mass is 16.5. The molecule has 0 radical (unpaired) electrons. The number of likely N-dealkylation sites (N-methyl/N-ethyl adjacent to an activating group) is 1. The number of piperazine rings is 1. The molecule has 2 aliphatic rings. The first-order valence-corrected chi connectivity index (χ1v) is 12.1. The van der Waals surface area contributed by atoms with Crippen molar-refractivity contribution in [2.45, 2.75) is 19.8 Å². The van der Waals surface area contributed by atoms with Gasteiger partial charge in [-0.05, 0) is 44.0 Å². The molecule has 2 N–H and O–H groups in total. The zero-order valence-corrected chi connectivity index (χ0v) is 20.1. The zero-order valence-electron chi connectivity index (χ0n) is 20.1. The van der Waals surface area contributed by atoms with Gasteiger partial charge in [0, 0.05) is 75.2 Å². The number of benzene rings is 1. The van der Waals surface area contributed by atoms with Crippen LogP contribution in [0.1, 0.15) is 30.3 Å². The molecule has 0 bridgehead atoms. The van der Waals surface area contributed by atoms with E-state index in [0.717, 1.165) is 62.2 Å². The number of likely N-dealkylation sites (tertiary alicyclic amines) is 1. The number of nitrogens with one attached hydrogen (secondary N) is 2. The maximum absolute atomic E-state index is 13.0. The summed E-state index contributed by atoms with van der Waals surface area (Å²) in [6.07, 6.45) is 1.71. The number of fused-ring (bicyclic) bond motifs is 1. The van der Waals surface area contributed by atoms with Crippen LogP contribution in [0.3, 0.4) is 0 Å². The van der Waals surface area contributed by atoms with E-state index in [1.54, 1.807) is 7.11 Å². The molecule has 0 saturated carbocycles. The SMILES string of the molecule is COc1ccc2cc(C(=O)N3CCC(C(C)C(=O)NCCN4CCN(C)CC4)CC3)[nH]c2c1. The molecule has 4 rings (SSSR count). The normalized spacial score (nSPS) is 19.5. The lowest BCUT2D eigenvalue weighted by molar-refractivity contribution is -0.126. The molecule has 8 heteroatoms. The molecular weight excluding hydrogens is 418 g/mol. The van der Waals surface area contributed by atoms with E-state index in [4.69, 9.17) is 4.74 Å². The Hall–Kier alpha value is -2.58. The van der Waals surface area contributed by atoms with E-state index in [1.807, 2.05) is 36.1 Å². The first kappa shape index (κ1) is 23.6. The Morgan fingerprint density at radius 3 is 2.55 bits per heavy atom. The van der Waals surface area contributed by atoms with Crippen molar-refractivity contribution in [1.29, 1.82) is 0 Å². The highest BCUT2D eigenvalue weighted by molar-refractivity contribution is 5.98. The number of nitrogens with zero attached hydrogens (tertiary/aromatic N) is 3. The predicted molar refractivity (Wildman–Crippen MR) is 130 cm³/mol. The fraction of sp³-hybridized carbons (Fsp3) is 0.600. The van der Waals surface area contributed by atoms with Gasteiger partial charge >= 0.3 is 0 Å². The minimum atomic E-state index is -0.0321. The summed E-state index contributed by atoms with van der Waals surface area (Å²) in [5, 5.41) is 4.13. The Balaban J connectivity index is 1.23. The quantitative estimate of drug-likeness (QED) is 0.668. The van der Waals surface area contributed by atoms with Gasteiger partial charge in [0.05, 0.1) is 7.11 Å². The first-order valence-electron chi connectivity index (χ1n) is 12.1. The van der Waals surface area contributed by atoms with Crippen LogP contribution in [0.2, 0.25) is 0 Å². The molecule has 2 fully saturated rings. The van der Waals surface area contributed by atoms with Gasteiger partial charge in [0.2, 0.25) is 5.91 Å². The van der Waals surface area contributed by atoms with Gasteiger partial charge < -0.3 is 24.8 Å². The van der Waals surface area contributed by atoms with Gasteiger partial charge in [0.1, 0.15) is 11.4 Å². The van der Waals surface area contributed by atoms with Gasteiger partial charge in [-0.3, -0.25) is 14.5 Å². The number of hydrogen-bond donors (Lipinski definition) is 2. The number of ether oxygens (including phenoxy) is 1. The number of piperidine rings is 1. The Morgan fingerprint density at radius 1 is 1.12 bits per heavy atom. The van der Waals surface area contributed by atoms with Crippen LogP contribution >= 0.6 is 0 Å². The molecule has 33 heavy (non-hydrogen) atoms. The first-order chi connectivity index (χ1) is 15.9. The fourth-order valence-electron chi connectivity index (χ4n) is 4.91. The van der Waals surface area contributed by atoms with Crippen LogP contribution in [0.15, 0.2) is 24.3 Å². The lowest BCUT2D eigenvalue weighted by atomic mass is 9.84. The van der Waals surface area contributed by atoms with Crippen LogP contribution in [0.4, 0.5) is 0 Å². The third-order valence-corrected chi connectivity index (χ3v) is 7.33. The second-order valence-electron chi connectivity index (χ2n) is 9.49. The standard InChI is InChI=1S/C25H37N5O3/c1-18(24(31)26-8-11-29-14-12-28(2)13-15-29)19-6-9-30(10-7-19)25(32)23-16-20-4-5-21(33-3)17-22(20)27-23/h4-5,16-19,27H,6-15H2,1-3H3,(H,26,31). The smallest absolute Gasteiger partial charge is 0.270 e. The van der Waals surface area contributed by atoms with Gasteiger partial charge in [-0.15, -0.1) is 0 Å². The van der Waals surface area contributed by atoms with E-state index in [1.165, 1.54) is 0 Å². The van der Waals surface area contributed by atoms with E-state index in [9.17, 15) is 9.59 Å². The van der Waals surface area contributed by atoms with E-state index in [0.29, 0.717) is 31.2 Å². The average molecular weight is 456 g/mol. The molecule has 0 aliphatic carbocycles. The maximum Gasteiger partial charge on any atom is 0.270 e. The summed E-state index contributed by atoms with van der Waals surface area (Å²) < 4.78 is 5.27. The molecule has 2 aromatic rings. The van der Waals surface area contributed by atoms with E-state index < -0.39 is 0 Å². The highest BCUT2D eigenvalue weighted by Gasteiger charge is 2.30. The molecule has 2 amide bonds. The molecule has 0 spiro atoms. The van der Waals surface area contributed by atoms with Crippen molar-refractivity contribution in [1.82, 2.24) is 25.0 Å². The second kappa shape index (κ2) is 10.6. The van der Waals surface area contributed by atoms with Crippen molar-refractivity contribution in [2.24, 2.45) is 11.8 Å². The molecule has 180 valence electrons. The monoisotopic (exact) mass is 455 g/mol. The van der Waals surface area contributed by atoms with Crippen molar-refractivity contribution >= 4 is 22.7 Å². The Bertz CT molecular complexity index is 958. The molecule has 2 aliphatic heterocycles. The maximum atomic E-state index is 13.0. The van der Waals surface area contributed by atoms with Gasteiger partial charge in [0.25, 0.3) is 5.91 Å². The number of aromatic amines is 1. The largest absolute Gasteiger partial charge is 0.497 e. The number of H-pyrrole nitrogens is 1. The Kier molecular flexibility index (Phi) is 7.55. The molecule has 1 unspecified atom stereocenters. The number of carbonyl (C=O) groups excluding carboxylic acids is 2. The second-order valence-corrected chi connectivity index (χ2v) is 9.49. The Morgan fingerprint density at radius 2 is 1.85 bits per heavy atom. The molecule has 1 aromatic heterocycles. The predicted octanol–water partition coefficient (Wildman–Crippen LogP) is 2.03. The van der Waals surface area contributed by atoms with Crippen LogP contribution in [0, 0.1) is 11.8 Å². The van der Waals surface area contributed by atoms with Crippen molar-refractivity contribution in [3.05, 3.63) is 30.0 Å². The fourth-order valence-corrected chi connectivity index (χ4v) is 4.91. The minimum absolute atomic E-state index is 0.0212. The molecule has 1 atom stereocenters. The molecule has 2 saturated heterocycles. The van der Waals surface area contributed by atoms with Crippen LogP contribution in [-0.4, -0.2) is 98.0 Å². The van der Waals surface area contributed by atoms with E-state index in [2.05, 4.69) is 27.1 Å². The molecule has 3 heterocycles. The van der Waals surface area contributed by atoms with Crippen molar-refractivity contribution < 1.29 is 14.3 Å². The number of methoxy groups -OCH3 is 1. The summed E-state index contributed by atoms with van der Waals surface area (Å²) in [6.45, 7) is 9.32. The zero-order chi connectivity index (χ0) is 23.4. The van der Waals surface area contributed by atoms with Crippen molar-refractivity contribution in [3.8, 4) is 5.75 Å². The van der Waals surface area contributed by atoms with Gasteiger partial charge in [-0.25, -0.2) is 0 Å². The highest BCUT2D eigenvalue weighted by Crippen LogP contribution is 2.27. The van der Waals surface area contributed by atoms with Crippen LogP contribution < -0.4 is 10.1 Å². The molecule has 1 aromatic carbocycles. The Labute approximate surface area is 196 Å². The average Bonchev–Trinajstić information content (AvgIpc) is 3.27. The van der Waals surface area contributed by atoms with E-state index in [-0.39, 0.29) is 17.7 Å². The number of carbonyl (C=O) groups is 2. The lowest BCUT2D eigenvalue weighted by Gasteiger charge is -2.34. The third kappa shape index (κ3) is 5.68. The summed E-state index contributed by atoms with van der Waals surface area (Å²) in [6, 6.07) is 7.66. The van der Waals surface area contributed by atoms with Gasteiger partial charge in [-0.1, -0.05) is 6.92 Å². The summed E-state index contributed by atoms with van der Waals surface area (Å²) in [7, 11) is 3.78. The number of hydrogen-bond acceptors (Lipinski definition) is 5. The topological polar surface area (TPSA) is 80.9 Å². The minimum Gasteiger partial charge on any atom is -0.497 e. The summed E-state index contributed by atoms with van der Waals surface area (Å²) >= 11 is 0. The number of aromatic nitrogens is 1. The lowest BCUT2D eigenvalue weighted by Crippen LogP contribution is -2.48. The molecule has 8 nitrogen and oxygen atoms in total. The molecular formula is C25H37N5O3. The van der Waals surface area contributed by atoms with Gasteiger partial charge in [-0.2, -0.15) is 0 Å². The van der Waals surface area contributed by atoms with Crippen molar-refractivity contribution in [3.63, 3.8) is 0 Å². The summed E-state index contributed by atoms with van der Waals surface area (Å²) in [5.74, 6) is 1.20. The van der Waals surface area contributed by atoms with Crippen LogP contribution in [0.5, 0.6) is 5.75 Å². The number of rotatable bonds is 7. The van der Waals surface area contributed by atoms with Gasteiger partial charge in [0.15, 0.2) is 0 Å². The van der Waals surface area contributed by atoms with Crippen LogP contribution in [0.25, 0.3) is 10.9 Å². The van der Waals surface area contributed by atoms with Crippen molar-refractivity contribution in [2.75, 3.05) is 66.5 Å².